The van der Waals surface area contributed by atoms with Gasteiger partial charge in [-0.25, -0.2) is 4.79 Å². The smallest absolute Gasteiger partial charge is 0.338 e. The molecule has 0 bridgehead atoms. The monoisotopic (exact) mass is 475 g/mol. The summed E-state index contributed by atoms with van der Waals surface area (Å²) in [4.78, 5) is 37.8. The summed E-state index contributed by atoms with van der Waals surface area (Å²) in [7, 11) is 1.44. The Morgan fingerprint density at radius 1 is 1.24 bits per heavy atom. The molecule has 1 aliphatic rings. The van der Waals surface area contributed by atoms with Crippen LogP contribution >= 0.6 is 11.6 Å². The van der Waals surface area contributed by atoms with E-state index in [0.717, 1.165) is 31.5 Å². The zero-order chi connectivity index (χ0) is 24.1. The predicted octanol–water partition coefficient (Wildman–Crippen LogP) is 4.60. The van der Waals surface area contributed by atoms with Crippen LogP contribution in [0.2, 0.25) is 5.02 Å². The number of hydrogen-bond acceptors (Lipinski definition) is 7. The minimum atomic E-state index is -0.827. The Balaban J connectivity index is 1.67. The van der Waals surface area contributed by atoms with Gasteiger partial charge in [0.25, 0.3) is 11.6 Å². The van der Waals surface area contributed by atoms with Crippen molar-refractivity contribution >= 4 is 40.5 Å². The molecular weight excluding hydrogens is 450 g/mol. The summed E-state index contributed by atoms with van der Waals surface area (Å²) in [6.45, 7) is 4.81. The van der Waals surface area contributed by atoms with E-state index in [1.165, 1.54) is 19.2 Å². The number of methoxy groups -OCH3 is 1. The lowest BCUT2D eigenvalue weighted by Gasteiger charge is -2.31. The SMILES string of the molecule is COc1cc(Cl)c(C)cc1NC(=O)COC(=O)c1ccc(N2CCC(C)CC2)c([N+](=O)[O-])c1. The Kier molecular flexibility index (Phi) is 7.75. The van der Waals surface area contributed by atoms with Gasteiger partial charge in [0.05, 0.1) is 23.3 Å². The number of aryl methyl sites for hydroxylation is 1. The number of carbonyl (C=O) groups is 2. The average Bonchev–Trinajstić information content (AvgIpc) is 2.79. The van der Waals surface area contributed by atoms with Crippen molar-refractivity contribution in [3.63, 3.8) is 0 Å². The molecule has 0 spiro atoms. The maximum atomic E-state index is 12.4. The second-order valence-corrected chi connectivity index (χ2v) is 8.46. The van der Waals surface area contributed by atoms with E-state index < -0.39 is 23.4 Å². The fraction of sp³-hybridized carbons (Fsp3) is 0.391. The van der Waals surface area contributed by atoms with Crippen molar-refractivity contribution in [1.82, 2.24) is 0 Å². The van der Waals surface area contributed by atoms with Gasteiger partial charge in [0, 0.05) is 30.2 Å². The number of piperidine rings is 1. The van der Waals surface area contributed by atoms with Crippen LogP contribution in [0, 0.1) is 23.0 Å². The van der Waals surface area contributed by atoms with E-state index in [4.69, 9.17) is 21.1 Å². The highest BCUT2D eigenvalue weighted by molar-refractivity contribution is 6.31. The Morgan fingerprint density at radius 2 is 1.94 bits per heavy atom. The predicted molar refractivity (Wildman–Crippen MR) is 125 cm³/mol. The van der Waals surface area contributed by atoms with Crippen LogP contribution in [-0.4, -0.2) is 43.6 Å². The number of anilines is 2. The molecule has 9 nitrogen and oxygen atoms in total. The quantitative estimate of drug-likeness (QED) is 0.354. The minimum absolute atomic E-state index is 0.00328. The number of halogens is 1. The van der Waals surface area contributed by atoms with E-state index in [0.29, 0.717) is 28.1 Å². The lowest BCUT2D eigenvalue weighted by atomic mass is 9.98. The standard InChI is InChI=1S/C23H26ClN3O6/c1-14-6-8-26(9-7-14)19-5-4-16(11-20(19)27(30)31)23(29)33-13-22(28)25-18-10-15(2)17(24)12-21(18)32-3/h4-5,10-12,14H,6-9,13H2,1-3H3,(H,25,28). The molecule has 0 aromatic heterocycles. The fourth-order valence-electron chi connectivity index (χ4n) is 3.64. The molecule has 3 rings (SSSR count). The van der Waals surface area contributed by atoms with Gasteiger partial charge in [-0.3, -0.25) is 14.9 Å². The molecular formula is C23H26ClN3O6. The third-order valence-electron chi connectivity index (χ3n) is 5.62. The number of ether oxygens (including phenoxy) is 2. The number of nitro groups is 1. The van der Waals surface area contributed by atoms with E-state index >= 15 is 0 Å². The van der Waals surface area contributed by atoms with Gasteiger partial charge in [-0.05, 0) is 49.4 Å². The first kappa shape index (κ1) is 24.3. The van der Waals surface area contributed by atoms with Gasteiger partial charge in [0.1, 0.15) is 11.4 Å². The molecule has 0 unspecified atom stereocenters. The largest absolute Gasteiger partial charge is 0.495 e. The van der Waals surface area contributed by atoms with Gasteiger partial charge in [-0.1, -0.05) is 18.5 Å². The van der Waals surface area contributed by atoms with Crippen LogP contribution in [0.1, 0.15) is 35.7 Å². The normalized spacial score (nSPS) is 14.0. The van der Waals surface area contributed by atoms with Crippen LogP contribution in [0.3, 0.4) is 0 Å². The molecule has 1 heterocycles. The second kappa shape index (κ2) is 10.5. The molecule has 1 N–H and O–H groups in total. The summed E-state index contributed by atoms with van der Waals surface area (Å²) in [5.74, 6) is -0.468. The van der Waals surface area contributed by atoms with Crippen molar-refractivity contribution in [3.8, 4) is 5.75 Å². The molecule has 2 aromatic carbocycles. The highest BCUT2D eigenvalue weighted by Crippen LogP contribution is 2.33. The van der Waals surface area contributed by atoms with E-state index in [2.05, 4.69) is 12.2 Å². The van der Waals surface area contributed by atoms with Crippen molar-refractivity contribution in [2.45, 2.75) is 26.7 Å². The van der Waals surface area contributed by atoms with Crippen LogP contribution in [0.4, 0.5) is 17.1 Å². The molecule has 0 saturated carbocycles. The third-order valence-corrected chi connectivity index (χ3v) is 6.03. The van der Waals surface area contributed by atoms with Gasteiger partial charge < -0.3 is 19.7 Å². The number of benzene rings is 2. The lowest BCUT2D eigenvalue weighted by Crippen LogP contribution is -2.33. The number of amides is 1. The van der Waals surface area contributed by atoms with Crippen molar-refractivity contribution in [1.29, 1.82) is 0 Å². The van der Waals surface area contributed by atoms with E-state index in [-0.39, 0.29) is 11.3 Å². The van der Waals surface area contributed by atoms with Gasteiger partial charge in [0.2, 0.25) is 0 Å². The first-order valence-corrected chi connectivity index (χ1v) is 10.9. The lowest BCUT2D eigenvalue weighted by molar-refractivity contribution is -0.384. The van der Waals surface area contributed by atoms with Crippen LogP contribution in [0.15, 0.2) is 30.3 Å². The topological polar surface area (TPSA) is 111 Å². The Bertz CT molecular complexity index is 1070. The highest BCUT2D eigenvalue weighted by Gasteiger charge is 2.25. The Hall–Kier alpha value is -3.33. The van der Waals surface area contributed by atoms with Gasteiger partial charge in [-0.15, -0.1) is 0 Å². The zero-order valence-corrected chi connectivity index (χ0v) is 19.5. The number of hydrogen-bond donors (Lipinski definition) is 1. The highest BCUT2D eigenvalue weighted by atomic mass is 35.5. The van der Waals surface area contributed by atoms with E-state index in [1.54, 1.807) is 25.1 Å². The molecule has 1 aliphatic heterocycles. The minimum Gasteiger partial charge on any atom is -0.495 e. The van der Waals surface area contributed by atoms with Crippen molar-refractivity contribution in [2.24, 2.45) is 5.92 Å². The molecule has 0 radical (unpaired) electrons. The summed E-state index contributed by atoms with van der Waals surface area (Å²) in [5.41, 5.74) is 1.44. The molecule has 2 aromatic rings. The number of rotatable bonds is 7. The molecule has 10 heteroatoms. The number of nitro benzene ring substituents is 1. The summed E-state index contributed by atoms with van der Waals surface area (Å²) >= 11 is 6.06. The van der Waals surface area contributed by atoms with E-state index in [9.17, 15) is 19.7 Å². The molecule has 1 fully saturated rings. The first-order chi connectivity index (χ1) is 15.7. The van der Waals surface area contributed by atoms with Gasteiger partial charge >= 0.3 is 5.97 Å². The number of nitrogens with zero attached hydrogens (tertiary/aromatic N) is 2. The van der Waals surface area contributed by atoms with Crippen molar-refractivity contribution in [3.05, 3.63) is 56.6 Å². The molecule has 1 saturated heterocycles. The van der Waals surface area contributed by atoms with Crippen LogP contribution < -0.4 is 15.0 Å². The molecule has 0 aliphatic carbocycles. The average molecular weight is 476 g/mol. The van der Waals surface area contributed by atoms with E-state index in [1.807, 2.05) is 4.90 Å². The fourth-order valence-corrected chi connectivity index (χ4v) is 3.80. The van der Waals surface area contributed by atoms with Crippen LogP contribution in [0.25, 0.3) is 0 Å². The molecule has 176 valence electrons. The molecule has 33 heavy (non-hydrogen) atoms. The van der Waals surface area contributed by atoms with Gasteiger partial charge in [-0.2, -0.15) is 0 Å². The molecule has 1 amide bonds. The first-order valence-electron chi connectivity index (χ1n) is 10.5. The van der Waals surface area contributed by atoms with Crippen molar-refractivity contribution in [2.75, 3.05) is 37.0 Å². The van der Waals surface area contributed by atoms with Crippen LogP contribution in [0.5, 0.6) is 5.75 Å². The maximum absolute atomic E-state index is 12.4. The summed E-state index contributed by atoms with van der Waals surface area (Å²) in [6, 6.07) is 7.45. The molecule has 0 atom stereocenters. The van der Waals surface area contributed by atoms with Crippen molar-refractivity contribution < 1.29 is 24.0 Å². The number of esters is 1. The Labute approximate surface area is 196 Å². The number of carbonyl (C=O) groups excluding carboxylic acids is 2. The summed E-state index contributed by atoms with van der Waals surface area (Å²) in [6.07, 6.45) is 1.90. The van der Waals surface area contributed by atoms with Gasteiger partial charge in [0.15, 0.2) is 6.61 Å². The maximum Gasteiger partial charge on any atom is 0.338 e. The summed E-state index contributed by atoms with van der Waals surface area (Å²) in [5, 5.41) is 14.7. The number of nitrogens with one attached hydrogen (secondary N) is 1. The zero-order valence-electron chi connectivity index (χ0n) is 18.7. The Morgan fingerprint density at radius 3 is 2.58 bits per heavy atom. The van der Waals surface area contributed by atoms with Crippen LogP contribution in [-0.2, 0) is 9.53 Å². The summed E-state index contributed by atoms with van der Waals surface area (Å²) < 4.78 is 10.3. The second-order valence-electron chi connectivity index (χ2n) is 8.06. The third kappa shape index (κ3) is 5.92.